The molecule has 0 spiro atoms. The number of nitrogens with zero attached hydrogens (tertiary/aromatic N) is 1. The van der Waals surface area contributed by atoms with Crippen LogP contribution in [0.25, 0.3) is 0 Å². The van der Waals surface area contributed by atoms with Crippen molar-refractivity contribution in [3.05, 3.63) is 23.5 Å². The van der Waals surface area contributed by atoms with Gasteiger partial charge in [0.15, 0.2) is 0 Å². The zero-order valence-corrected chi connectivity index (χ0v) is 11.6. The summed E-state index contributed by atoms with van der Waals surface area (Å²) in [6.45, 7) is 3.71. The van der Waals surface area contributed by atoms with Crippen LogP contribution in [0.1, 0.15) is 17.8 Å². The summed E-state index contributed by atoms with van der Waals surface area (Å²) < 4.78 is 23.6. The predicted molar refractivity (Wildman–Crippen MR) is 70.6 cm³/mol. The van der Waals surface area contributed by atoms with Crippen molar-refractivity contribution >= 4 is 15.7 Å². The van der Waals surface area contributed by atoms with Gasteiger partial charge in [-0.1, -0.05) is 0 Å². The second-order valence-electron chi connectivity index (χ2n) is 4.45. The summed E-state index contributed by atoms with van der Waals surface area (Å²) in [5.41, 5.74) is 10.1. The lowest BCUT2D eigenvalue weighted by Crippen LogP contribution is -2.40. The van der Waals surface area contributed by atoms with Gasteiger partial charge in [-0.25, -0.2) is 8.42 Å². The van der Waals surface area contributed by atoms with Crippen LogP contribution in [0, 0.1) is 13.8 Å². The number of carbonyl (C=O) groups excluding carboxylic acids is 1. The van der Waals surface area contributed by atoms with Gasteiger partial charge in [0.25, 0.3) is 5.91 Å². The summed E-state index contributed by atoms with van der Waals surface area (Å²) in [5, 5.41) is 0. The molecule has 0 aliphatic rings. The van der Waals surface area contributed by atoms with E-state index in [0.717, 1.165) is 17.6 Å². The van der Waals surface area contributed by atoms with E-state index in [2.05, 4.69) is 5.43 Å². The summed E-state index contributed by atoms with van der Waals surface area (Å²) in [6, 6.07) is 2.91. The fraction of sp³-hybridized carbons (Fsp3) is 0.545. The lowest BCUT2D eigenvalue weighted by Gasteiger charge is -2.15. The molecule has 0 aliphatic heterocycles. The molecule has 1 aromatic rings. The van der Waals surface area contributed by atoms with Gasteiger partial charge in [-0.2, -0.15) is 0 Å². The van der Waals surface area contributed by atoms with Crippen molar-refractivity contribution in [2.45, 2.75) is 26.3 Å². The van der Waals surface area contributed by atoms with Crippen molar-refractivity contribution in [2.75, 3.05) is 17.4 Å². The van der Waals surface area contributed by atoms with Crippen LogP contribution < -0.4 is 11.2 Å². The average Bonchev–Trinajstić information content (AvgIpc) is 2.56. The van der Waals surface area contributed by atoms with Crippen LogP contribution in [0.3, 0.4) is 0 Å². The lowest BCUT2D eigenvalue weighted by atomic mass is 10.2. The van der Waals surface area contributed by atoms with E-state index < -0.39 is 15.9 Å². The first-order chi connectivity index (χ1) is 8.20. The smallest absolute Gasteiger partial charge is 0.255 e. The molecular formula is C11H19N3O3S. The average molecular weight is 273 g/mol. The fourth-order valence-electron chi connectivity index (χ4n) is 1.51. The number of aryl methyl sites for hydroxylation is 2. The fourth-order valence-corrected chi connectivity index (χ4v) is 2.19. The summed E-state index contributed by atoms with van der Waals surface area (Å²) in [5.74, 6) is -0.480. The molecule has 102 valence electrons. The van der Waals surface area contributed by atoms with Gasteiger partial charge in [-0.05, 0) is 32.4 Å². The van der Waals surface area contributed by atoms with Gasteiger partial charge in [-0.15, -0.1) is 0 Å². The molecule has 0 aliphatic carbocycles. The highest BCUT2D eigenvalue weighted by molar-refractivity contribution is 7.90. The molecular weight excluding hydrogens is 254 g/mol. The molecule has 3 N–H and O–H groups in total. The van der Waals surface area contributed by atoms with Crippen molar-refractivity contribution in [3.63, 3.8) is 0 Å². The van der Waals surface area contributed by atoms with E-state index in [4.69, 9.17) is 5.73 Å². The van der Waals surface area contributed by atoms with Gasteiger partial charge in [-0.3, -0.25) is 14.9 Å². The topological polar surface area (TPSA) is 94.2 Å². The number of hydrogen-bond donors (Lipinski definition) is 2. The molecule has 6 nitrogen and oxygen atoms in total. The SMILES string of the molecule is Cc1ccc(C)n1NC(=O)C(N)CCS(C)(=O)=O. The number of nitrogens with two attached hydrogens (primary N) is 1. The van der Waals surface area contributed by atoms with E-state index >= 15 is 0 Å². The highest BCUT2D eigenvalue weighted by atomic mass is 32.2. The molecule has 0 aromatic carbocycles. The van der Waals surface area contributed by atoms with Crippen LogP contribution in [-0.2, 0) is 14.6 Å². The van der Waals surface area contributed by atoms with Gasteiger partial charge in [0.2, 0.25) is 0 Å². The van der Waals surface area contributed by atoms with Crippen LogP contribution in [0.2, 0.25) is 0 Å². The Balaban J connectivity index is 2.61. The maximum absolute atomic E-state index is 11.8. The van der Waals surface area contributed by atoms with Gasteiger partial charge in [0.05, 0.1) is 11.8 Å². The van der Waals surface area contributed by atoms with E-state index in [1.165, 1.54) is 0 Å². The van der Waals surface area contributed by atoms with Crippen molar-refractivity contribution < 1.29 is 13.2 Å². The second-order valence-corrected chi connectivity index (χ2v) is 6.71. The maximum atomic E-state index is 11.8. The van der Waals surface area contributed by atoms with E-state index in [9.17, 15) is 13.2 Å². The monoisotopic (exact) mass is 273 g/mol. The van der Waals surface area contributed by atoms with Crippen LogP contribution in [0.15, 0.2) is 12.1 Å². The molecule has 0 bridgehead atoms. The van der Waals surface area contributed by atoms with Crippen LogP contribution in [-0.4, -0.2) is 37.1 Å². The Morgan fingerprint density at radius 2 is 1.89 bits per heavy atom. The number of rotatable bonds is 5. The molecule has 1 atom stereocenters. The second kappa shape index (κ2) is 5.53. The zero-order chi connectivity index (χ0) is 13.9. The zero-order valence-electron chi connectivity index (χ0n) is 10.8. The number of hydrogen-bond acceptors (Lipinski definition) is 4. The Morgan fingerprint density at radius 1 is 1.39 bits per heavy atom. The Kier molecular flexibility index (Phi) is 4.53. The Hall–Kier alpha value is -1.34. The molecule has 7 heteroatoms. The van der Waals surface area contributed by atoms with Gasteiger partial charge in [0.1, 0.15) is 9.84 Å². The summed E-state index contributed by atoms with van der Waals surface area (Å²) >= 11 is 0. The number of nitrogens with one attached hydrogen (secondary N) is 1. The van der Waals surface area contributed by atoms with E-state index in [1.54, 1.807) is 4.68 Å². The van der Waals surface area contributed by atoms with E-state index in [0.29, 0.717) is 0 Å². The minimum atomic E-state index is -3.10. The van der Waals surface area contributed by atoms with Crippen LogP contribution >= 0.6 is 0 Å². The standard InChI is InChI=1S/C11H19N3O3S/c1-8-4-5-9(2)14(8)13-11(15)10(12)6-7-18(3,16)17/h4-5,10H,6-7,12H2,1-3H3,(H,13,15). The third kappa shape index (κ3) is 4.15. The molecule has 1 rings (SSSR count). The van der Waals surface area contributed by atoms with E-state index in [-0.39, 0.29) is 18.1 Å². The van der Waals surface area contributed by atoms with Gasteiger partial charge >= 0.3 is 0 Å². The Labute approximate surface area is 107 Å². The molecule has 1 amide bonds. The van der Waals surface area contributed by atoms with E-state index in [1.807, 2.05) is 26.0 Å². The minimum absolute atomic E-state index is 0.0920. The van der Waals surface area contributed by atoms with Gasteiger partial charge < -0.3 is 5.73 Å². The lowest BCUT2D eigenvalue weighted by molar-refractivity contribution is -0.118. The molecule has 1 aromatic heterocycles. The first-order valence-corrected chi connectivity index (χ1v) is 7.66. The molecule has 1 heterocycles. The van der Waals surface area contributed by atoms with Crippen molar-refractivity contribution in [1.29, 1.82) is 0 Å². The van der Waals surface area contributed by atoms with Crippen molar-refractivity contribution in [2.24, 2.45) is 5.73 Å². The summed E-state index contributed by atoms with van der Waals surface area (Å²) in [6.07, 6.45) is 1.24. The normalized spacial score (nSPS) is 13.3. The Bertz CT molecular complexity index is 514. The first kappa shape index (κ1) is 14.7. The first-order valence-electron chi connectivity index (χ1n) is 5.60. The quantitative estimate of drug-likeness (QED) is 0.785. The highest BCUT2D eigenvalue weighted by Crippen LogP contribution is 2.04. The number of carbonyl (C=O) groups is 1. The highest BCUT2D eigenvalue weighted by Gasteiger charge is 2.17. The van der Waals surface area contributed by atoms with Crippen LogP contribution in [0.5, 0.6) is 0 Å². The van der Waals surface area contributed by atoms with Crippen molar-refractivity contribution in [3.8, 4) is 0 Å². The molecule has 1 unspecified atom stereocenters. The molecule has 0 fully saturated rings. The minimum Gasteiger partial charge on any atom is -0.320 e. The van der Waals surface area contributed by atoms with Crippen molar-refractivity contribution in [1.82, 2.24) is 4.68 Å². The number of aromatic nitrogens is 1. The summed E-state index contributed by atoms with van der Waals surface area (Å²) in [4.78, 5) is 11.8. The predicted octanol–water partition coefficient (Wildman–Crippen LogP) is -0.0630. The molecule has 18 heavy (non-hydrogen) atoms. The Morgan fingerprint density at radius 3 is 2.33 bits per heavy atom. The maximum Gasteiger partial charge on any atom is 0.255 e. The molecule has 0 saturated heterocycles. The largest absolute Gasteiger partial charge is 0.320 e. The number of amides is 1. The third-order valence-corrected chi connectivity index (χ3v) is 3.61. The third-order valence-electron chi connectivity index (χ3n) is 2.63. The summed E-state index contributed by atoms with van der Waals surface area (Å²) in [7, 11) is -3.10. The molecule has 0 saturated carbocycles. The molecule has 0 radical (unpaired) electrons. The van der Waals surface area contributed by atoms with Gasteiger partial charge in [0, 0.05) is 17.6 Å². The van der Waals surface area contributed by atoms with Crippen LogP contribution in [0.4, 0.5) is 0 Å². The number of sulfone groups is 1.